The molecule has 0 aromatic heterocycles. The monoisotopic (exact) mass is 290 g/mol. The lowest BCUT2D eigenvalue weighted by atomic mass is 9.87. The highest BCUT2D eigenvalue weighted by atomic mass is 16.3. The second kappa shape index (κ2) is 7.39. The number of aliphatic hydroxyl groups is 1. The maximum absolute atomic E-state index is 10.1. The first-order valence-corrected chi connectivity index (χ1v) is 8.15. The number of hydrogen-bond acceptors (Lipinski definition) is 3. The Morgan fingerprint density at radius 1 is 1.33 bits per heavy atom. The van der Waals surface area contributed by atoms with Crippen molar-refractivity contribution in [2.75, 3.05) is 13.1 Å². The number of rotatable bonds is 5. The third-order valence-corrected chi connectivity index (χ3v) is 4.48. The van der Waals surface area contributed by atoms with Crippen LogP contribution in [0.4, 0.5) is 0 Å². The minimum absolute atomic E-state index is 0.207. The molecular weight excluding hydrogens is 260 g/mol. The van der Waals surface area contributed by atoms with Crippen LogP contribution in [0.5, 0.6) is 0 Å². The van der Waals surface area contributed by atoms with Gasteiger partial charge in [0.05, 0.1) is 6.10 Å². The number of benzene rings is 1. The third-order valence-electron chi connectivity index (χ3n) is 4.48. The Morgan fingerprint density at radius 2 is 2.10 bits per heavy atom. The molecule has 0 aliphatic carbocycles. The predicted molar refractivity (Wildman–Crippen MR) is 88.0 cm³/mol. The van der Waals surface area contributed by atoms with Crippen LogP contribution in [0.1, 0.15) is 37.8 Å². The van der Waals surface area contributed by atoms with Gasteiger partial charge in [-0.05, 0) is 37.2 Å². The number of nitrogens with two attached hydrogens (primary N) is 1. The summed E-state index contributed by atoms with van der Waals surface area (Å²) >= 11 is 0. The quantitative estimate of drug-likeness (QED) is 0.876. The van der Waals surface area contributed by atoms with Crippen molar-refractivity contribution in [1.29, 1.82) is 0 Å². The number of aliphatic hydroxyl groups excluding tert-OH is 1. The minimum atomic E-state index is -0.207. The molecule has 0 radical (unpaired) electrons. The van der Waals surface area contributed by atoms with E-state index in [9.17, 15) is 5.11 Å². The molecule has 3 heteroatoms. The molecule has 1 heterocycles. The van der Waals surface area contributed by atoms with E-state index < -0.39 is 0 Å². The van der Waals surface area contributed by atoms with Crippen LogP contribution in [-0.4, -0.2) is 35.2 Å². The molecule has 0 spiro atoms. The Hall–Kier alpha value is -0.900. The molecule has 3 nitrogen and oxygen atoms in total. The van der Waals surface area contributed by atoms with Crippen molar-refractivity contribution in [2.24, 2.45) is 17.6 Å². The zero-order chi connectivity index (χ0) is 15.4. The summed E-state index contributed by atoms with van der Waals surface area (Å²) in [4.78, 5) is 2.45. The van der Waals surface area contributed by atoms with Gasteiger partial charge < -0.3 is 10.8 Å². The molecule has 1 fully saturated rings. The second-order valence-electron chi connectivity index (χ2n) is 7.09. The highest BCUT2D eigenvalue weighted by Crippen LogP contribution is 2.24. The summed E-state index contributed by atoms with van der Waals surface area (Å²) < 4.78 is 0. The summed E-state index contributed by atoms with van der Waals surface area (Å²) in [6.45, 7) is 9.26. The van der Waals surface area contributed by atoms with E-state index in [1.54, 1.807) is 0 Å². The summed E-state index contributed by atoms with van der Waals surface area (Å²) in [7, 11) is 0. The van der Waals surface area contributed by atoms with Crippen molar-refractivity contribution < 1.29 is 5.11 Å². The van der Waals surface area contributed by atoms with E-state index in [2.05, 4.69) is 49.9 Å². The summed E-state index contributed by atoms with van der Waals surface area (Å²) in [5.74, 6) is 0.837. The second-order valence-corrected chi connectivity index (χ2v) is 7.09. The average molecular weight is 290 g/mol. The lowest BCUT2D eigenvalue weighted by molar-refractivity contribution is 0.0642. The lowest BCUT2D eigenvalue weighted by Crippen LogP contribution is -2.47. The van der Waals surface area contributed by atoms with E-state index >= 15 is 0 Å². The molecule has 3 atom stereocenters. The van der Waals surface area contributed by atoms with Crippen molar-refractivity contribution in [2.45, 2.75) is 52.3 Å². The van der Waals surface area contributed by atoms with E-state index in [-0.39, 0.29) is 12.1 Å². The molecule has 1 aromatic rings. The minimum Gasteiger partial charge on any atom is -0.393 e. The van der Waals surface area contributed by atoms with Gasteiger partial charge >= 0.3 is 0 Å². The number of piperidine rings is 1. The van der Waals surface area contributed by atoms with Gasteiger partial charge in [-0.25, -0.2) is 0 Å². The molecule has 2 rings (SSSR count). The van der Waals surface area contributed by atoms with Crippen LogP contribution >= 0.6 is 0 Å². The van der Waals surface area contributed by atoms with Crippen LogP contribution in [-0.2, 0) is 6.54 Å². The topological polar surface area (TPSA) is 49.5 Å². The summed E-state index contributed by atoms with van der Waals surface area (Å²) in [6, 6.07) is 8.92. The van der Waals surface area contributed by atoms with Crippen LogP contribution in [0.3, 0.4) is 0 Å². The van der Waals surface area contributed by atoms with Crippen molar-refractivity contribution in [3.8, 4) is 0 Å². The Bertz CT molecular complexity index is 447. The van der Waals surface area contributed by atoms with Crippen LogP contribution in [0, 0.1) is 18.8 Å². The largest absolute Gasteiger partial charge is 0.393 e. The third kappa shape index (κ3) is 5.10. The SMILES string of the molecule is Cc1cccc(CN2CC(N)CC(CC(O)C(C)C)C2)c1. The molecule has 21 heavy (non-hydrogen) atoms. The molecule has 0 saturated carbocycles. The Kier molecular flexibility index (Phi) is 5.80. The fourth-order valence-electron chi connectivity index (χ4n) is 3.33. The smallest absolute Gasteiger partial charge is 0.0566 e. The first-order chi connectivity index (χ1) is 9.94. The summed E-state index contributed by atoms with van der Waals surface area (Å²) in [5, 5.41) is 10.1. The first-order valence-electron chi connectivity index (χ1n) is 8.15. The highest BCUT2D eigenvalue weighted by Gasteiger charge is 2.27. The van der Waals surface area contributed by atoms with Gasteiger partial charge in [-0.1, -0.05) is 43.7 Å². The molecular formula is C18H30N2O. The van der Waals surface area contributed by atoms with Crippen LogP contribution in [0.15, 0.2) is 24.3 Å². The Morgan fingerprint density at radius 3 is 2.76 bits per heavy atom. The number of likely N-dealkylation sites (tertiary alicyclic amines) is 1. The number of hydrogen-bond donors (Lipinski definition) is 2. The number of aryl methyl sites for hydroxylation is 1. The normalized spacial score (nSPS) is 25.2. The summed E-state index contributed by atoms with van der Waals surface area (Å²) in [6.07, 6.45) is 1.70. The van der Waals surface area contributed by atoms with E-state index in [1.165, 1.54) is 11.1 Å². The highest BCUT2D eigenvalue weighted by molar-refractivity contribution is 5.22. The van der Waals surface area contributed by atoms with Crippen LogP contribution in [0.2, 0.25) is 0 Å². The number of nitrogens with zero attached hydrogens (tertiary/aromatic N) is 1. The first kappa shape index (κ1) is 16.5. The van der Waals surface area contributed by atoms with E-state index in [0.717, 1.165) is 32.5 Å². The van der Waals surface area contributed by atoms with Crippen molar-refractivity contribution in [3.63, 3.8) is 0 Å². The molecule has 1 aliphatic rings. The Balaban J connectivity index is 1.94. The van der Waals surface area contributed by atoms with Gasteiger partial charge in [0, 0.05) is 25.7 Å². The zero-order valence-corrected chi connectivity index (χ0v) is 13.6. The zero-order valence-electron chi connectivity index (χ0n) is 13.6. The summed E-state index contributed by atoms with van der Waals surface area (Å²) in [5.41, 5.74) is 8.89. The average Bonchev–Trinajstić information content (AvgIpc) is 2.37. The van der Waals surface area contributed by atoms with Gasteiger partial charge in [-0.15, -0.1) is 0 Å². The maximum atomic E-state index is 10.1. The van der Waals surface area contributed by atoms with E-state index in [0.29, 0.717) is 11.8 Å². The van der Waals surface area contributed by atoms with Gasteiger partial charge in [0.2, 0.25) is 0 Å². The molecule has 3 N–H and O–H groups in total. The maximum Gasteiger partial charge on any atom is 0.0566 e. The van der Waals surface area contributed by atoms with E-state index in [1.807, 2.05) is 0 Å². The van der Waals surface area contributed by atoms with Crippen LogP contribution in [0.25, 0.3) is 0 Å². The van der Waals surface area contributed by atoms with Gasteiger partial charge in [-0.2, -0.15) is 0 Å². The lowest BCUT2D eigenvalue weighted by Gasteiger charge is -2.37. The van der Waals surface area contributed by atoms with Gasteiger partial charge in [0.1, 0.15) is 0 Å². The van der Waals surface area contributed by atoms with Gasteiger partial charge in [-0.3, -0.25) is 4.90 Å². The van der Waals surface area contributed by atoms with Gasteiger partial charge in [0.25, 0.3) is 0 Å². The molecule has 0 bridgehead atoms. The standard InChI is InChI=1S/C18H30N2O/c1-13(2)18(21)9-16-8-17(19)12-20(11-16)10-15-6-4-5-14(3)7-15/h4-7,13,16-18,21H,8-12,19H2,1-3H3. The molecule has 1 saturated heterocycles. The fraction of sp³-hybridized carbons (Fsp3) is 0.667. The molecule has 1 aromatic carbocycles. The van der Waals surface area contributed by atoms with Gasteiger partial charge in [0.15, 0.2) is 0 Å². The van der Waals surface area contributed by atoms with Crippen molar-refractivity contribution in [3.05, 3.63) is 35.4 Å². The van der Waals surface area contributed by atoms with Crippen molar-refractivity contribution >= 4 is 0 Å². The predicted octanol–water partition coefficient (Wildman–Crippen LogP) is 2.55. The van der Waals surface area contributed by atoms with E-state index in [4.69, 9.17) is 5.73 Å². The van der Waals surface area contributed by atoms with Crippen LogP contribution < -0.4 is 5.73 Å². The molecule has 1 aliphatic heterocycles. The molecule has 3 unspecified atom stereocenters. The molecule has 0 amide bonds. The fourth-order valence-corrected chi connectivity index (χ4v) is 3.33. The van der Waals surface area contributed by atoms with Crippen molar-refractivity contribution in [1.82, 2.24) is 4.90 Å². The Labute approximate surface area is 129 Å². The molecule has 118 valence electrons.